The SMILES string of the molecule is O=C(CCc1ccc(F)cc1)OCc1cc(=O)n2ccsc2n1. The van der Waals surface area contributed by atoms with Gasteiger partial charge < -0.3 is 4.74 Å². The standard InChI is InChI=1S/C16H13FN2O3S/c17-12-4-1-11(2-5-12)3-6-15(21)22-10-13-9-14(20)19-7-8-23-16(19)18-13/h1-2,4-5,7-9H,3,6,10H2. The molecule has 0 aliphatic carbocycles. The number of rotatable bonds is 5. The first kappa shape index (κ1) is 15.4. The van der Waals surface area contributed by atoms with Crippen LogP contribution in [0.5, 0.6) is 0 Å². The summed E-state index contributed by atoms with van der Waals surface area (Å²) < 4.78 is 19.4. The number of thiazole rings is 1. The molecule has 1 aromatic carbocycles. The van der Waals surface area contributed by atoms with Gasteiger partial charge in [0.2, 0.25) is 0 Å². The first-order valence-electron chi connectivity index (χ1n) is 6.98. The van der Waals surface area contributed by atoms with E-state index in [1.54, 1.807) is 23.7 Å². The Kier molecular flexibility index (Phi) is 4.47. The summed E-state index contributed by atoms with van der Waals surface area (Å²) in [4.78, 5) is 28.4. The molecule has 3 aromatic rings. The number of esters is 1. The fourth-order valence-electron chi connectivity index (χ4n) is 2.09. The molecule has 2 aromatic heterocycles. The summed E-state index contributed by atoms with van der Waals surface area (Å²) in [5.41, 5.74) is 1.08. The summed E-state index contributed by atoms with van der Waals surface area (Å²) in [6.45, 7) is -0.0358. The van der Waals surface area contributed by atoms with Gasteiger partial charge >= 0.3 is 5.97 Å². The summed E-state index contributed by atoms with van der Waals surface area (Å²) in [6, 6.07) is 7.33. The maximum Gasteiger partial charge on any atom is 0.306 e. The second-order valence-corrected chi connectivity index (χ2v) is 5.80. The maximum atomic E-state index is 12.8. The van der Waals surface area contributed by atoms with Crippen LogP contribution in [0.25, 0.3) is 4.96 Å². The van der Waals surface area contributed by atoms with Crippen molar-refractivity contribution in [2.75, 3.05) is 0 Å². The predicted octanol–water partition coefficient (Wildman–Crippen LogP) is 2.57. The lowest BCUT2D eigenvalue weighted by Gasteiger charge is -2.05. The summed E-state index contributed by atoms with van der Waals surface area (Å²) in [7, 11) is 0. The molecule has 3 rings (SSSR count). The average Bonchev–Trinajstić information content (AvgIpc) is 3.01. The zero-order chi connectivity index (χ0) is 16.2. The zero-order valence-electron chi connectivity index (χ0n) is 12.1. The van der Waals surface area contributed by atoms with E-state index in [1.165, 1.54) is 33.9 Å². The lowest BCUT2D eigenvalue weighted by Crippen LogP contribution is -2.14. The molecule has 0 fully saturated rings. The van der Waals surface area contributed by atoms with Crippen LogP contribution in [0.1, 0.15) is 17.7 Å². The molecule has 0 aliphatic rings. The Balaban J connectivity index is 1.55. The van der Waals surface area contributed by atoms with E-state index in [4.69, 9.17) is 4.74 Å². The largest absolute Gasteiger partial charge is 0.459 e. The minimum atomic E-state index is -0.387. The molecule has 0 aliphatic heterocycles. The van der Waals surface area contributed by atoms with Gasteiger partial charge in [-0.1, -0.05) is 12.1 Å². The number of fused-ring (bicyclic) bond motifs is 1. The van der Waals surface area contributed by atoms with Gasteiger partial charge in [-0.3, -0.25) is 14.0 Å². The lowest BCUT2D eigenvalue weighted by molar-refractivity contribution is -0.145. The highest BCUT2D eigenvalue weighted by Crippen LogP contribution is 2.09. The van der Waals surface area contributed by atoms with Gasteiger partial charge in [-0.15, -0.1) is 11.3 Å². The highest BCUT2D eigenvalue weighted by molar-refractivity contribution is 7.15. The maximum absolute atomic E-state index is 12.8. The van der Waals surface area contributed by atoms with Gasteiger partial charge in [-0.25, -0.2) is 9.37 Å². The fraction of sp³-hybridized carbons (Fsp3) is 0.188. The normalized spacial score (nSPS) is 10.8. The van der Waals surface area contributed by atoms with Crippen LogP contribution in [-0.2, 0) is 22.6 Å². The molecule has 7 heteroatoms. The fourth-order valence-corrected chi connectivity index (χ4v) is 2.82. The van der Waals surface area contributed by atoms with Gasteiger partial charge in [-0.05, 0) is 24.1 Å². The van der Waals surface area contributed by atoms with Crippen LogP contribution >= 0.6 is 11.3 Å². The number of aryl methyl sites for hydroxylation is 1. The molecule has 2 heterocycles. The Morgan fingerprint density at radius 2 is 2.09 bits per heavy atom. The van der Waals surface area contributed by atoms with E-state index in [0.717, 1.165) is 5.56 Å². The molecule has 0 spiro atoms. The molecule has 0 amide bonds. The number of carbonyl (C=O) groups is 1. The average molecular weight is 332 g/mol. The molecule has 0 radical (unpaired) electrons. The summed E-state index contributed by atoms with van der Waals surface area (Å²) in [6.07, 6.45) is 2.30. The van der Waals surface area contributed by atoms with Crippen molar-refractivity contribution in [2.45, 2.75) is 19.4 Å². The quantitative estimate of drug-likeness (QED) is 0.674. The Bertz CT molecular complexity index is 886. The van der Waals surface area contributed by atoms with Crippen LogP contribution in [-0.4, -0.2) is 15.4 Å². The smallest absolute Gasteiger partial charge is 0.306 e. The van der Waals surface area contributed by atoms with Crippen molar-refractivity contribution >= 4 is 22.3 Å². The van der Waals surface area contributed by atoms with Crippen LogP contribution in [0, 0.1) is 5.82 Å². The third-order valence-corrected chi connectivity index (χ3v) is 4.02. The van der Waals surface area contributed by atoms with Crippen LogP contribution in [0.4, 0.5) is 4.39 Å². The Morgan fingerprint density at radius 3 is 2.87 bits per heavy atom. The van der Waals surface area contributed by atoms with Crippen LogP contribution in [0.2, 0.25) is 0 Å². The van der Waals surface area contributed by atoms with Gasteiger partial charge in [0.05, 0.1) is 5.69 Å². The van der Waals surface area contributed by atoms with Crippen molar-refractivity contribution in [3.8, 4) is 0 Å². The molecular weight excluding hydrogens is 319 g/mol. The number of nitrogens with zero attached hydrogens (tertiary/aromatic N) is 2. The van der Waals surface area contributed by atoms with Crippen molar-refractivity contribution in [1.29, 1.82) is 0 Å². The minimum absolute atomic E-state index is 0.0358. The number of ether oxygens (including phenoxy) is 1. The van der Waals surface area contributed by atoms with Crippen molar-refractivity contribution in [2.24, 2.45) is 0 Å². The lowest BCUT2D eigenvalue weighted by atomic mass is 10.1. The van der Waals surface area contributed by atoms with E-state index in [1.807, 2.05) is 0 Å². The van der Waals surface area contributed by atoms with Crippen molar-refractivity contribution < 1.29 is 13.9 Å². The van der Waals surface area contributed by atoms with Crippen molar-refractivity contribution in [1.82, 2.24) is 9.38 Å². The molecule has 23 heavy (non-hydrogen) atoms. The van der Waals surface area contributed by atoms with E-state index in [9.17, 15) is 14.0 Å². The van der Waals surface area contributed by atoms with Gasteiger partial charge in [0.25, 0.3) is 5.56 Å². The second kappa shape index (κ2) is 6.70. The molecule has 118 valence electrons. The van der Waals surface area contributed by atoms with Gasteiger partial charge in [-0.2, -0.15) is 0 Å². The second-order valence-electron chi connectivity index (χ2n) is 4.93. The molecule has 0 unspecified atom stereocenters. The molecule has 5 nitrogen and oxygen atoms in total. The highest BCUT2D eigenvalue weighted by Gasteiger charge is 2.08. The molecule has 0 saturated heterocycles. The summed E-state index contributed by atoms with van der Waals surface area (Å²) in [5, 5.41) is 1.77. The van der Waals surface area contributed by atoms with Crippen molar-refractivity contribution in [3.63, 3.8) is 0 Å². The number of hydrogen-bond acceptors (Lipinski definition) is 5. The number of benzene rings is 1. The Hall–Kier alpha value is -2.54. The number of hydrogen-bond donors (Lipinski definition) is 0. The highest BCUT2D eigenvalue weighted by atomic mass is 32.1. The first-order chi connectivity index (χ1) is 11.1. The van der Waals surface area contributed by atoms with Gasteiger partial charge in [0.15, 0.2) is 4.96 Å². The third-order valence-electron chi connectivity index (χ3n) is 3.27. The van der Waals surface area contributed by atoms with Crippen LogP contribution in [0.3, 0.4) is 0 Å². The van der Waals surface area contributed by atoms with Crippen LogP contribution in [0.15, 0.2) is 46.7 Å². The summed E-state index contributed by atoms with van der Waals surface area (Å²) in [5.74, 6) is -0.694. The first-order valence-corrected chi connectivity index (χ1v) is 7.85. The number of aromatic nitrogens is 2. The predicted molar refractivity (Wildman–Crippen MR) is 83.9 cm³/mol. The molecule has 0 N–H and O–H groups in total. The Labute approximate surface area is 135 Å². The molecule has 0 bridgehead atoms. The molecule has 0 saturated carbocycles. The van der Waals surface area contributed by atoms with E-state index in [-0.39, 0.29) is 30.4 Å². The number of halogens is 1. The van der Waals surface area contributed by atoms with Gasteiger partial charge in [0.1, 0.15) is 12.4 Å². The topological polar surface area (TPSA) is 60.7 Å². The van der Waals surface area contributed by atoms with Crippen LogP contribution < -0.4 is 5.56 Å². The van der Waals surface area contributed by atoms with E-state index >= 15 is 0 Å². The minimum Gasteiger partial charge on any atom is -0.459 e. The zero-order valence-corrected chi connectivity index (χ0v) is 12.9. The van der Waals surface area contributed by atoms with E-state index in [2.05, 4.69) is 4.98 Å². The monoisotopic (exact) mass is 332 g/mol. The third kappa shape index (κ3) is 3.81. The number of carbonyl (C=O) groups excluding carboxylic acids is 1. The molecular formula is C16H13FN2O3S. The summed E-state index contributed by atoms with van der Waals surface area (Å²) >= 11 is 1.34. The van der Waals surface area contributed by atoms with E-state index in [0.29, 0.717) is 17.1 Å². The molecule has 0 atom stereocenters. The van der Waals surface area contributed by atoms with Crippen molar-refractivity contribution in [3.05, 3.63) is 69.3 Å². The van der Waals surface area contributed by atoms with E-state index < -0.39 is 0 Å². The Morgan fingerprint density at radius 1 is 1.30 bits per heavy atom. The van der Waals surface area contributed by atoms with Gasteiger partial charge in [0, 0.05) is 24.1 Å².